The zero-order valence-electron chi connectivity index (χ0n) is 9.31. The Morgan fingerprint density at radius 1 is 0.833 bits per heavy atom. The van der Waals surface area contributed by atoms with E-state index < -0.39 is 17.9 Å². The number of rotatable bonds is 3. The Morgan fingerprint density at radius 2 is 0.889 bits per heavy atom. The molecule has 4 N–H and O–H groups in total. The molecule has 100 valence electrons. The Kier molecular flexibility index (Phi) is 31.8. The molecule has 0 aliphatic heterocycles. The van der Waals surface area contributed by atoms with E-state index in [0.29, 0.717) is 0 Å². The van der Waals surface area contributed by atoms with E-state index in [4.69, 9.17) is 25.7 Å². The molecule has 0 unspecified atom stereocenters. The summed E-state index contributed by atoms with van der Waals surface area (Å²) in [5.74, 6) is -2.94. The average Bonchev–Trinajstić information content (AvgIpc) is 2.31. The summed E-state index contributed by atoms with van der Waals surface area (Å²) in [6.45, 7) is 8.88. The second kappa shape index (κ2) is 23.6. The average molecular weight is 259 g/mol. The number of nitriles is 1. The molecule has 8 heteroatoms. The van der Waals surface area contributed by atoms with Crippen molar-refractivity contribution in [3.63, 3.8) is 0 Å². The van der Waals surface area contributed by atoms with Crippen LogP contribution >= 0.6 is 0 Å². The lowest BCUT2D eigenvalue weighted by Crippen LogP contribution is -1.82. The smallest absolute Gasteiger partial charge is 0.327 e. The Hall–Kier alpha value is -3.08. The Bertz CT molecular complexity index is 285. The van der Waals surface area contributed by atoms with Crippen LogP contribution in [0.1, 0.15) is 0 Å². The fraction of sp³-hybridized carbons (Fsp3) is 0. The van der Waals surface area contributed by atoms with Gasteiger partial charge in [0.2, 0.25) is 0 Å². The van der Waals surface area contributed by atoms with Crippen molar-refractivity contribution in [1.82, 2.24) is 0 Å². The SMILES string of the molecule is C=CC(=O)O.C=CC(=O)O.C=CC(=O)O.N#CO. The fourth-order valence-electron chi connectivity index (χ4n) is 0. The Morgan fingerprint density at radius 3 is 0.889 bits per heavy atom. The summed E-state index contributed by atoms with van der Waals surface area (Å²) in [5.41, 5.74) is 0. The summed E-state index contributed by atoms with van der Waals surface area (Å²) in [5, 5.41) is 36.6. The van der Waals surface area contributed by atoms with Gasteiger partial charge in [-0.05, 0) is 0 Å². The molecule has 0 amide bonds. The number of carboxylic acid groups (broad SMARTS) is 3. The van der Waals surface area contributed by atoms with Crippen molar-refractivity contribution in [2.75, 3.05) is 0 Å². The van der Waals surface area contributed by atoms with E-state index in [1.54, 1.807) is 0 Å². The molecule has 0 fully saturated rings. The standard InChI is InChI=1S/3C3H4O2.CHNO/c3*1-2-3(4)5;2-1-3/h3*2H,1H2,(H,4,5);3H. The second-order valence-electron chi connectivity index (χ2n) is 1.73. The van der Waals surface area contributed by atoms with Crippen LogP contribution in [-0.4, -0.2) is 38.3 Å². The molecule has 0 heterocycles. The van der Waals surface area contributed by atoms with Gasteiger partial charge < -0.3 is 20.4 Å². The van der Waals surface area contributed by atoms with E-state index in [-0.39, 0.29) is 0 Å². The van der Waals surface area contributed by atoms with Crippen LogP contribution in [0.2, 0.25) is 0 Å². The zero-order chi connectivity index (χ0) is 15.6. The van der Waals surface area contributed by atoms with Crippen LogP contribution in [0.3, 0.4) is 0 Å². The monoisotopic (exact) mass is 259 g/mol. The molecule has 0 aromatic heterocycles. The maximum Gasteiger partial charge on any atom is 0.327 e. The summed E-state index contributed by atoms with van der Waals surface area (Å²) in [7, 11) is 0. The summed E-state index contributed by atoms with van der Waals surface area (Å²) in [6, 6.07) is 0. The van der Waals surface area contributed by atoms with Gasteiger partial charge in [-0.25, -0.2) is 14.4 Å². The van der Waals surface area contributed by atoms with Gasteiger partial charge >= 0.3 is 17.9 Å². The molecular weight excluding hydrogens is 246 g/mol. The van der Waals surface area contributed by atoms with Gasteiger partial charge in [0.15, 0.2) is 0 Å². The lowest BCUT2D eigenvalue weighted by molar-refractivity contribution is -0.132. The first kappa shape index (κ1) is 24.2. The maximum absolute atomic E-state index is 9.25. The van der Waals surface area contributed by atoms with E-state index >= 15 is 0 Å². The third-order valence-electron chi connectivity index (χ3n) is 0.524. The minimum Gasteiger partial charge on any atom is -0.478 e. The van der Waals surface area contributed by atoms with Gasteiger partial charge in [-0.2, -0.15) is 5.26 Å². The van der Waals surface area contributed by atoms with Crippen LogP contribution in [0.4, 0.5) is 0 Å². The fourth-order valence-corrected chi connectivity index (χ4v) is 0. The molecule has 0 spiro atoms. The number of carboxylic acids is 3. The first-order chi connectivity index (χ1) is 8.22. The minimum absolute atomic E-state index is 0.750. The molecule has 8 nitrogen and oxygen atoms in total. The number of aliphatic carboxylic acids is 3. The largest absolute Gasteiger partial charge is 0.478 e. The van der Waals surface area contributed by atoms with Gasteiger partial charge in [-0.3, -0.25) is 0 Å². The lowest BCUT2D eigenvalue weighted by Gasteiger charge is -1.64. The highest BCUT2D eigenvalue weighted by Gasteiger charge is 1.74. The molecule has 0 saturated heterocycles. The highest BCUT2D eigenvalue weighted by Crippen LogP contribution is 1.55. The zero-order valence-corrected chi connectivity index (χ0v) is 9.31. The van der Waals surface area contributed by atoms with Gasteiger partial charge in [0.05, 0.1) is 0 Å². The van der Waals surface area contributed by atoms with Crippen LogP contribution in [0.25, 0.3) is 0 Å². The van der Waals surface area contributed by atoms with E-state index in [2.05, 4.69) is 19.7 Å². The van der Waals surface area contributed by atoms with Crippen molar-refractivity contribution in [3.05, 3.63) is 38.0 Å². The van der Waals surface area contributed by atoms with Gasteiger partial charge in [-0.15, -0.1) is 0 Å². The number of aliphatic hydroxyl groups excluding tert-OH is 1. The van der Waals surface area contributed by atoms with Crippen molar-refractivity contribution < 1.29 is 34.8 Å². The normalized spacial score (nSPS) is 5.72. The molecule has 0 aliphatic carbocycles. The van der Waals surface area contributed by atoms with Crippen molar-refractivity contribution in [1.29, 1.82) is 5.26 Å². The molecule has 0 aromatic carbocycles. The lowest BCUT2D eigenvalue weighted by atomic mass is 10.7. The molecule has 0 aliphatic rings. The highest BCUT2D eigenvalue weighted by atomic mass is 16.4. The van der Waals surface area contributed by atoms with Crippen molar-refractivity contribution in [3.8, 4) is 6.26 Å². The summed E-state index contributed by atoms with van der Waals surface area (Å²) in [4.78, 5) is 27.8. The predicted octanol–water partition coefficient (Wildman–Crippen LogP) is 0.611. The topological polar surface area (TPSA) is 156 Å². The number of nitrogens with zero attached hydrogens (tertiary/aromatic N) is 1. The number of aliphatic hydroxyl groups is 1. The molecule has 0 bridgehead atoms. The minimum atomic E-state index is -0.981. The van der Waals surface area contributed by atoms with Crippen LogP contribution in [-0.2, 0) is 14.4 Å². The van der Waals surface area contributed by atoms with Crippen molar-refractivity contribution >= 4 is 17.9 Å². The van der Waals surface area contributed by atoms with Crippen LogP contribution in [0, 0.1) is 11.5 Å². The Labute approximate surface area is 103 Å². The molecule has 0 rings (SSSR count). The van der Waals surface area contributed by atoms with Gasteiger partial charge in [0.1, 0.15) is 0 Å². The number of hydrogen-bond acceptors (Lipinski definition) is 5. The molecule has 0 aromatic rings. The summed E-state index contributed by atoms with van der Waals surface area (Å²) < 4.78 is 0. The van der Waals surface area contributed by atoms with E-state index in [9.17, 15) is 14.4 Å². The third-order valence-corrected chi connectivity index (χ3v) is 0.524. The number of carbonyl (C=O) groups is 3. The summed E-state index contributed by atoms with van der Waals surface area (Å²) >= 11 is 0. The van der Waals surface area contributed by atoms with Crippen LogP contribution in [0.15, 0.2) is 38.0 Å². The number of hydrogen-bond donors (Lipinski definition) is 4. The third kappa shape index (κ3) is 215. The van der Waals surface area contributed by atoms with Gasteiger partial charge in [0, 0.05) is 18.2 Å². The van der Waals surface area contributed by atoms with Crippen LogP contribution in [0.5, 0.6) is 0 Å². The second-order valence-corrected chi connectivity index (χ2v) is 1.73. The van der Waals surface area contributed by atoms with Crippen molar-refractivity contribution in [2.45, 2.75) is 0 Å². The van der Waals surface area contributed by atoms with Gasteiger partial charge in [0.25, 0.3) is 6.26 Å². The Balaban J connectivity index is -0.0000000739. The first-order valence-corrected chi connectivity index (χ1v) is 3.82. The van der Waals surface area contributed by atoms with E-state index in [1.165, 1.54) is 0 Å². The molecule has 0 atom stereocenters. The van der Waals surface area contributed by atoms with E-state index in [0.717, 1.165) is 24.5 Å². The first-order valence-electron chi connectivity index (χ1n) is 3.82. The quantitative estimate of drug-likeness (QED) is 0.424. The summed E-state index contributed by atoms with van der Waals surface area (Å²) in [6.07, 6.45) is 3.25. The maximum atomic E-state index is 9.25. The van der Waals surface area contributed by atoms with Crippen molar-refractivity contribution in [2.24, 2.45) is 0 Å². The van der Waals surface area contributed by atoms with Crippen LogP contribution < -0.4 is 0 Å². The molecule has 0 saturated carbocycles. The highest BCUT2D eigenvalue weighted by molar-refractivity contribution is 5.79. The molecular formula is C10H13NO7. The van der Waals surface area contributed by atoms with Gasteiger partial charge in [-0.1, -0.05) is 19.7 Å². The van der Waals surface area contributed by atoms with E-state index in [1.807, 2.05) is 0 Å². The molecule has 18 heavy (non-hydrogen) atoms. The predicted molar refractivity (Wildman–Crippen MR) is 61.0 cm³/mol. The molecule has 0 radical (unpaired) electrons.